The molecule has 0 saturated carbocycles. The van der Waals surface area contributed by atoms with E-state index in [2.05, 4.69) is 9.80 Å². The average molecular weight is 803 g/mol. The summed E-state index contributed by atoms with van der Waals surface area (Å²) in [6, 6.07) is 28.7. The highest BCUT2D eigenvalue weighted by Crippen LogP contribution is 2.35. The molecule has 0 bridgehead atoms. The smallest absolute Gasteiger partial charge is 0.410 e. The van der Waals surface area contributed by atoms with Crippen molar-refractivity contribution in [3.8, 4) is 23.0 Å². The number of anilines is 2. The minimum atomic E-state index is -0.434. The van der Waals surface area contributed by atoms with Crippen LogP contribution in [0.2, 0.25) is 0 Å². The molecule has 2 aliphatic rings. The summed E-state index contributed by atoms with van der Waals surface area (Å²) in [4.78, 5) is 24.4. The molecule has 312 valence electrons. The lowest BCUT2D eigenvalue weighted by atomic mass is 10.1. The van der Waals surface area contributed by atoms with E-state index in [1.54, 1.807) is 37.3 Å². The summed E-state index contributed by atoms with van der Waals surface area (Å²) < 4.78 is 40.7. The fourth-order valence-electron chi connectivity index (χ4n) is 6.94. The van der Waals surface area contributed by atoms with Gasteiger partial charge in [0.05, 0.1) is 57.2 Å². The van der Waals surface area contributed by atoms with Crippen molar-refractivity contribution in [3.63, 3.8) is 0 Å². The second-order valence-corrected chi connectivity index (χ2v) is 13.9. The number of hydrogen-bond acceptors (Lipinski definition) is 14. The molecular weight excluding hydrogens is 748 g/mol. The Morgan fingerprint density at radius 1 is 0.810 bits per heavy atom. The second kappa shape index (κ2) is 22.0. The largest absolute Gasteiger partial charge is 0.496 e. The van der Waals surface area contributed by atoms with Crippen LogP contribution in [-0.2, 0) is 38.9 Å². The second-order valence-electron chi connectivity index (χ2n) is 13.9. The van der Waals surface area contributed by atoms with Crippen LogP contribution in [0.1, 0.15) is 29.5 Å². The Labute approximate surface area is 339 Å². The summed E-state index contributed by atoms with van der Waals surface area (Å²) in [7, 11) is 3.37. The number of amides is 1. The van der Waals surface area contributed by atoms with Crippen LogP contribution < -0.4 is 28.7 Å². The van der Waals surface area contributed by atoms with Crippen LogP contribution >= 0.6 is 0 Å². The molecule has 0 spiro atoms. The lowest BCUT2D eigenvalue weighted by Gasteiger charge is -2.42. The Morgan fingerprint density at radius 2 is 1.62 bits per heavy atom. The van der Waals surface area contributed by atoms with Crippen molar-refractivity contribution in [2.24, 2.45) is 0 Å². The number of benzene rings is 4. The van der Waals surface area contributed by atoms with Gasteiger partial charge in [-0.3, -0.25) is 10.4 Å². The van der Waals surface area contributed by atoms with Crippen LogP contribution in [0, 0.1) is 0 Å². The standard InChI is InChI=1S/C43H54N4O11/c1-51-22-6-18-44-21-25-55-42-17-16-39(27-40(42)44)56-32-37-28-45(43(48)57-29-33-8-5-9-34(26-33)30-58-47(49)50)19-20-46(37)36-12-14-38(15-13-36)54-24-7-23-53-31-35-10-3-4-11-41(35)52-2/h3-5,8-17,26-27,37,49-50H,6-7,18-25,28-32H2,1-2H3/t37-/m1/s1. The van der Waals surface area contributed by atoms with Crippen molar-refractivity contribution < 1.29 is 53.2 Å². The molecule has 1 atom stereocenters. The van der Waals surface area contributed by atoms with Crippen molar-refractivity contribution in [1.82, 2.24) is 10.3 Å². The molecule has 0 unspecified atom stereocenters. The average Bonchev–Trinajstić information content (AvgIpc) is 3.26. The molecule has 1 saturated heterocycles. The first kappa shape index (κ1) is 42.3. The third-order valence-electron chi connectivity index (χ3n) is 9.87. The van der Waals surface area contributed by atoms with E-state index in [0.29, 0.717) is 70.6 Å². The van der Waals surface area contributed by atoms with Crippen LogP contribution in [0.25, 0.3) is 0 Å². The zero-order chi connectivity index (χ0) is 40.5. The summed E-state index contributed by atoms with van der Waals surface area (Å²) >= 11 is 0. The number of nitrogens with zero attached hydrogens (tertiary/aromatic N) is 4. The quantitative estimate of drug-likeness (QED) is 0.0715. The topological polar surface area (TPSA) is 144 Å². The maximum atomic E-state index is 13.4. The van der Waals surface area contributed by atoms with Crippen LogP contribution in [-0.4, -0.2) is 113 Å². The lowest BCUT2D eigenvalue weighted by molar-refractivity contribution is -0.497. The lowest BCUT2D eigenvalue weighted by Crippen LogP contribution is -2.57. The maximum Gasteiger partial charge on any atom is 0.410 e. The van der Waals surface area contributed by atoms with Gasteiger partial charge in [0.15, 0.2) is 0 Å². The highest BCUT2D eigenvalue weighted by molar-refractivity contribution is 5.68. The van der Waals surface area contributed by atoms with Gasteiger partial charge in [0.1, 0.15) is 42.8 Å². The predicted octanol–water partition coefficient (Wildman–Crippen LogP) is 6.33. The molecular formula is C43H54N4O11. The van der Waals surface area contributed by atoms with E-state index in [9.17, 15) is 4.79 Å². The van der Waals surface area contributed by atoms with Gasteiger partial charge >= 0.3 is 6.09 Å². The van der Waals surface area contributed by atoms with Gasteiger partial charge in [0.25, 0.3) is 0 Å². The number of hydrogen-bond donors (Lipinski definition) is 2. The number of carbonyl (C=O) groups is 1. The Hall–Kier alpha value is -5.29. The first-order valence-corrected chi connectivity index (χ1v) is 19.5. The van der Waals surface area contributed by atoms with Gasteiger partial charge in [-0.15, -0.1) is 0 Å². The molecule has 2 aliphatic heterocycles. The summed E-state index contributed by atoms with van der Waals surface area (Å²) in [5.74, 6) is 3.12. The number of carbonyl (C=O) groups excluding carboxylic acids is 1. The van der Waals surface area contributed by atoms with E-state index in [-0.39, 0.29) is 24.6 Å². The molecule has 4 aromatic rings. The zero-order valence-electron chi connectivity index (χ0n) is 33.2. The van der Waals surface area contributed by atoms with Crippen molar-refractivity contribution in [1.29, 1.82) is 0 Å². The first-order chi connectivity index (χ1) is 28.4. The molecule has 0 aliphatic carbocycles. The van der Waals surface area contributed by atoms with Gasteiger partial charge in [-0.05, 0) is 60.0 Å². The van der Waals surface area contributed by atoms with E-state index in [0.717, 1.165) is 65.7 Å². The fraction of sp³-hybridized carbons (Fsp3) is 0.419. The number of methoxy groups -OCH3 is 2. The molecule has 1 amide bonds. The summed E-state index contributed by atoms with van der Waals surface area (Å²) in [6.45, 7) is 6.17. The van der Waals surface area contributed by atoms with Gasteiger partial charge in [0, 0.05) is 63.6 Å². The number of ether oxygens (including phenoxy) is 7. The molecule has 4 aromatic carbocycles. The van der Waals surface area contributed by atoms with Gasteiger partial charge in [-0.25, -0.2) is 9.63 Å². The van der Waals surface area contributed by atoms with Crippen LogP contribution in [0.4, 0.5) is 16.2 Å². The van der Waals surface area contributed by atoms with Gasteiger partial charge in [-0.2, -0.15) is 0 Å². The van der Waals surface area contributed by atoms with Crippen LogP contribution in [0.3, 0.4) is 0 Å². The minimum Gasteiger partial charge on any atom is -0.496 e. The van der Waals surface area contributed by atoms with Crippen LogP contribution in [0.15, 0.2) is 91.0 Å². The third kappa shape index (κ3) is 12.4. The van der Waals surface area contributed by atoms with Crippen molar-refractivity contribution in [2.75, 3.05) is 89.8 Å². The highest BCUT2D eigenvalue weighted by Gasteiger charge is 2.32. The number of fused-ring (bicyclic) bond motifs is 1. The summed E-state index contributed by atoms with van der Waals surface area (Å²) in [5.41, 5.74) is 4.41. The minimum absolute atomic E-state index is 0.0451. The molecule has 2 heterocycles. The van der Waals surface area contributed by atoms with Gasteiger partial charge in [-0.1, -0.05) is 42.5 Å². The third-order valence-corrected chi connectivity index (χ3v) is 9.87. The fourth-order valence-corrected chi connectivity index (χ4v) is 6.94. The van der Waals surface area contributed by atoms with Crippen molar-refractivity contribution in [3.05, 3.63) is 108 Å². The molecule has 15 heteroatoms. The maximum absolute atomic E-state index is 13.4. The SMILES string of the molecule is COCCCN1CCOc2ccc(OC[C@H]3CN(C(=O)OCc4cccc(CON(O)O)c4)CCN3c3ccc(OCCCOCc4ccccc4OC)cc3)cc21. The van der Waals surface area contributed by atoms with Gasteiger partial charge < -0.3 is 47.9 Å². The van der Waals surface area contributed by atoms with E-state index >= 15 is 0 Å². The Morgan fingerprint density at radius 3 is 2.43 bits per heavy atom. The molecule has 58 heavy (non-hydrogen) atoms. The highest BCUT2D eigenvalue weighted by atomic mass is 17.1. The van der Waals surface area contributed by atoms with Gasteiger partial charge in [0.2, 0.25) is 0 Å². The zero-order valence-corrected chi connectivity index (χ0v) is 33.2. The number of piperazine rings is 1. The first-order valence-electron chi connectivity index (χ1n) is 19.5. The van der Waals surface area contributed by atoms with E-state index in [1.165, 1.54) is 0 Å². The molecule has 0 radical (unpaired) electrons. The molecule has 2 N–H and O–H groups in total. The summed E-state index contributed by atoms with van der Waals surface area (Å²) in [5, 5.41) is 17.4. The molecule has 6 rings (SSSR count). The predicted molar refractivity (Wildman–Crippen MR) is 215 cm³/mol. The normalized spacial score (nSPS) is 15.2. The monoisotopic (exact) mass is 802 g/mol. The van der Waals surface area contributed by atoms with E-state index in [1.807, 2.05) is 72.8 Å². The number of rotatable bonds is 21. The molecule has 15 nitrogen and oxygen atoms in total. The van der Waals surface area contributed by atoms with E-state index in [4.69, 9.17) is 48.4 Å². The van der Waals surface area contributed by atoms with Crippen molar-refractivity contribution >= 4 is 17.5 Å². The van der Waals surface area contributed by atoms with Crippen LogP contribution in [0.5, 0.6) is 23.0 Å². The van der Waals surface area contributed by atoms with Crippen molar-refractivity contribution in [2.45, 2.75) is 38.7 Å². The Balaban J connectivity index is 1.07. The molecule has 1 fully saturated rings. The van der Waals surface area contributed by atoms with E-state index < -0.39 is 6.09 Å². The Bertz CT molecular complexity index is 1860. The number of para-hydroxylation sites is 1. The molecule has 0 aromatic heterocycles. The summed E-state index contributed by atoms with van der Waals surface area (Å²) in [6.07, 6.45) is 1.20. The Kier molecular flexibility index (Phi) is 16.1.